The van der Waals surface area contributed by atoms with E-state index in [1.54, 1.807) is 31.4 Å². The summed E-state index contributed by atoms with van der Waals surface area (Å²) in [6.45, 7) is 0. The highest BCUT2D eigenvalue weighted by Gasteiger charge is 2.16. The molecule has 2 rings (SSSR count). The Kier molecular flexibility index (Phi) is 7.24. The van der Waals surface area contributed by atoms with Crippen LogP contribution in [0.5, 0.6) is 5.75 Å². The number of nitrogens with one attached hydrogen (secondary N) is 3. The van der Waals surface area contributed by atoms with Gasteiger partial charge in [-0.3, -0.25) is 30.6 Å². The molecule has 2 aromatic rings. The number of benzene rings is 2. The minimum absolute atomic E-state index is 0.00374. The monoisotopic (exact) mass is 422 g/mol. The van der Waals surface area contributed by atoms with Crippen molar-refractivity contribution in [3.05, 3.63) is 68.7 Å². The highest BCUT2D eigenvalue weighted by Crippen LogP contribution is 2.24. The Labute approximate surface area is 170 Å². The molecule has 0 saturated carbocycles. The molecular formula is C17H15ClN4O5S. The Hall–Kier alpha value is -3.24. The number of nitro groups is 1. The largest absolute Gasteiger partial charge is 0.497 e. The van der Waals surface area contributed by atoms with Crippen LogP contribution in [0.25, 0.3) is 0 Å². The normalized spacial score (nSPS) is 9.93. The van der Waals surface area contributed by atoms with Crippen LogP contribution in [-0.4, -0.2) is 29.0 Å². The summed E-state index contributed by atoms with van der Waals surface area (Å²) < 4.78 is 5.04. The molecule has 0 aliphatic rings. The molecule has 9 nitrogen and oxygen atoms in total. The third kappa shape index (κ3) is 5.89. The number of rotatable bonds is 5. The average molecular weight is 423 g/mol. The summed E-state index contributed by atoms with van der Waals surface area (Å²) in [4.78, 5) is 34.2. The maximum Gasteiger partial charge on any atom is 0.288 e. The number of nitrogens with zero attached hydrogens (tertiary/aromatic N) is 1. The lowest BCUT2D eigenvalue weighted by Crippen LogP contribution is -2.48. The van der Waals surface area contributed by atoms with Gasteiger partial charge in [-0.2, -0.15) is 0 Å². The Morgan fingerprint density at radius 3 is 2.46 bits per heavy atom. The third-order valence-corrected chi connectivity index (χ3v) is 4.00. The molecule has 0 aromatic heterocycles. The minimum Gasteiger partial charge on any atom is -0.497 e. The van der Waals surface area contributed by atoms with E-state index in [1.807, 2.05) is 0 Å². The first kappa shape index (κ1) is 21.1. The van der Waals surface area contributed by atoms with Gasteiger partial charge in [-0.05, 0) is 42.0 Å². The van der Waals surface area contributed by atoms with Crippen LogP contribution in [-0.2, 0) is 11.2 Å². The van der Waals surface area contributed by atoms with Crippen LogP contribution in [0.4, 0.5) is 5.69 Å². The summed E-state index contributed by atoms with van der Waals surface area (Å²) in [5.41, 5.74) is 4.94. The van der Waals surface area contributed by atoms with Gasteiger partial charge in [0, 0.05) is 11.6 Å². The van der Waals surface area contributed by atoms with Gasteiger partial charge in [0.25, 0.3) is 11.6 Å². The fourth-order valence-electron chi connectivity index (χ4n) is 2.11. The first-order valence-electron chi connectivity index (χ1n) is 7.77. The number of ether oxygens (including phenoxy) is 1. The van der Waals surface area contributed by atoms with E-state index in [-0.39, 0.29) is 28.0 Å². The summed E-state index contributed by atoms with van der Waals surface area (Å²) >= 11 is 10.6. The van der Waals surface area contributed by atoms with E-state index in [9.17, 15) is 19.7 Å². The Morgan fingerprint density at radius 1 is 1.18 bits per heavy atom. The maximum absolute atomic E-state index is 12.0. The number of carbonyl (C=O) groups is 2. The van der Waals surface area contributed by atoms with Crippen molar-refractivity contribution >= 4 is 46.4 Å². The van der Waals surface area contributed by atoms with E-state index >= 15 is 0 Å². The number of hydrogen-bond donors (Lipinski definition) is 3. The maximum atomic E-state index is 12.0. The summed E-state index contributed by atoms with van der Waals surface area (Å²) in [5, 5.41) is 13.1. The van der Waals surface area contributed by atoms with E-state index in [0.717, 1.165) is 11.6 Å². The molecule has 0 unspecified atom stereocenters. The molecule has 0 aliphatic carbocycles. The molecule has 3 N–H and O–H groups in total. The van der Waals surface area contributed by atoms with Crippen LogP contribution in [0.2, 0.25) is 5.02 Å². The zero-order chi connectivity index (χ0) is 20.7. The third-order valence-electron chi connectivity index (χ3n) is 3.47. The number of hydrazine groups is 1. The van der Waals surface area contributed by atoms with Gasteiger partial charge in [-0.25, -0.2) is 0 Å². The van der Waals surface area contributed by atoms with Gasteiger partial charge in [0.1, 0.15) is 10.8 Å². The number of halogens is 1. The fraction of sp³-hybridized carbons (Fsp3) is 0.118. The van der Waals surface area contributed by atoms with Gasteiger partial charge < -0.3 is 10.1 Å². The molecule has 0 bridgehead atoms. The van der Waals surface area contributed by atoms with Gasteiger partial charge in [0.05, 0.1) is 18.5 Å². The molecule has 146 valence electrons. The molecule has 0 aliphatic heterocycles. The molecular weight excluding hydrogens is 408 g/mol. The summed E-state index contributed by atoms with van der Waals surface area (Å²) in [6, 6.07) is 10.5. The lowest BCUT2D eigenvalue weighted by molar-refractivity contribution is -0.384. The van der Waals surface area contributed by atoms with Crippen LogP contribution < -0.4 is 20.9 Å². The van der Waals surface area contributed by atoms with Crippen molar-refractivity contribution in [3.63, 3.8) is 0 Å². The van der Waals surface area contributed by atoms with E-state index in [1.165, 1.54) is 12.1 Å². The Bertz CT molecular complexity index is 920. The van der Waals surface area contributed by atoms with E-state index in [2.05, 4.69) is 16.2 Å². The number of nitro benzene ring substituents is 1. The lowest BCUT2D eigenvalue weighted by atomic mass is 10.1. The highest BCUT2D eigenvalue weighted by atomic mass is 35.5. The molecule has 2 amide bonds. The van der Waals surface area contributed by atoms with Crippen molar-refractivity contribution in [3.8, 4) is 5.75 Å². The van der Waals surface area contributed by atoms with Gasteiger partial charge in [-0.1, -0.05) is 23.7 Å². The van der Waals surface area contributed by atoms with Crippen molar-refractivity contribution in [1.82, 2.24) is 16.2 Å². The minimum atomic E-state index is -0.698. The van der Waals surface area contributed by atoms with Gasteiger partial charge >= 0.3 is 0 Å². The van der Waals surface area contributed by atoms with Crippen LogP contribution >= 0.6 is 23.8 Å². The number of amides is 2. The Morgan fingerprint density at radius 2 is 1.86 bits per heavy atom. The van der Waals surface area contributed by atoms with Crippen molar-refractivity contribution in [2.24, 2.45) is 0 Å². The second kappa shape index (κ2) is 9.62. The molecule has 28 heavy (non-hydrogen) atoms. The first-order chi connectivity index (χ1) is 13.3. The standard InChI is InChI=1S/C17H15ClN4O5S/c1-27-12-5-2-10(3-6-12)8-15(23)19-17(28)21-20-16(24)11-4-7-13(18)14(9-11)22(25)26/h2-7,9H,8H2,1H3,(H,20,24)(H2,19,21,23,28). The van der Waals surface area contributed by atoms with Gasteiger partial charge in [0.15, 0.2) is 5.11 Å². The van der Waals surface area contributed by atoms with E-state index < -0.39 is 16.5 Å². The first-order valence-corrected chi connectivity index (χ1v) is 8.56. The van der Waals surface area contributed by atoms with E-state index in [0.29, 0.717) is 5.75 Å². The molecule has 11 heteroatoms. The fourth-order valence-corrected chi connectivity index (χ4v) is 2.46. The quantitative estimate of drug-likeness (QED) is 0.383. The second-order valence-corrected chi connectivity index (χ2v) is 6.22. The molecule has 2 aromatic carbocycles. The highest BCUT2D eigenvalue weighted by molar-refractivity contribution is 7.80. The molecule has 0 saturated heterocycles. The zero-order valence-electron chi connectivity index (χ0n) is 14.5. The number of thiocarbonyl (C=S) groups is 1. The van der Waals surface area contributed by atoms with Gasteiger partial charge in [0.2, 0.25) is 5.91 Å². The molecule has 0 spiro atoms. The predicted octanol–water partition coefficient (Wildman–Crippen LogP) is 2.13. The van der Waals surface area contributed by atoms with E-state index in [4.69, 9.17) is 28.6 Å². The van der Waals surface area contributed by atoms with Crippen LogP contribution in [0.1, 0.15) is 15.9 Å². The summed E-state index contributed by atoms with van der Waals surface area (Å²) in [5.74, 6) is -0.405. The number of methoxy groups -OCH3 is 1. The number of carbonyl (C=O) groups excluding carboxylic acids is 2. The molecule has 0 heterocycles. The summed E-state index contributed by atoms with van der Waals surface area (Å²) in [6.07, 6.45) is 0.0726. The molecule has 0 fully saturated rings. The topological polar surface area (TPSA) is 123 Å². The summed E-state index contributed by atoms with van der Waals surface area (Å²) in [7, 11) is 1.54. The molecule has 0 atom stereocenters. The van der Waals surface area contributed by atoms with Crippen molar-refractivity contribution < 1.29 is 19.2 Å². The smallest absolute Gasteiger partial charge is 0.288 e. The van der Waals surface area contributed by atoms with Gasteiger partial charge in [-0.15, -0.1) is 0 Å². The van der Waals surface area contributed by atoms with Crippen molar-refractivity contribution in [1.29, 1.82) is 0 Å². The predicted molar refractivity (Wildman–Crippen MR) is 106 cm³/mol. The number of hydrogen-bond acceptors (Lipinski definition) is 6. The van der Waals surface area contributed by atoms with Crippen molar-refractivity contribution in [2.75, 3.05) is 7.11 Å². The van der Waals surface area contributed by atoms with Crippen LogP contribution in [0.3, 0.4) is 0 Å². The SMILES string of the molecule is COc1ccc(CC(=O)NC(=S)NNC(=O)c2ccc(Cl)c([N+](=O)[O-])c2)cc1. The van der Waals surface area contributed by atoms with Crippen LogP contribution in [0.15, 0.2) is 42.5 Å². The molecule has 0 radical (unpaired) electrons. The van der Waals surface area contributed by atoms with Crippen LogP contribution in [0, 0.1) is 10.1 Å². The average Bonchev–Trinajstić information content (AvgIpc) is 2.66. The Balaban J connectivity index is 1.85. The lowest BCUT2D eigenvalue weighted by Gasteiger charge is -2.11. The zero-order valence-corrected chi connectivity index (χ0v) is 16.1. The van der Waals surface area contributed by atoms with Crippen molar-refractivity contribution in [2.45, 2.75) is 6.42 Å². The second-order valence-electron chi connectivity index (χ2n) is 5.40.